The molecule has 0 saturated carbocycles. The van der Waals surface area contributed by atoms with Crippen LogP contribution in [0.15, 0.2) is 54.6 Å². The van der Waals surface area contributed by atoms with Crippen LogP contribution in [0, 0.1) is 0 Å². The highest BCUT2D eigenvalue weighted by Gasteiger charge is 2.24. The molecule has 0 aliphatic rings. The summed E-state index contributed by atoms with van der Waals surface area (Å²) in [4.78, 5) is 11.3. The lowest BCUT2D eigenvalue weighted by Crippen LogP contribution is -2.37. The van der Waals surface area contributed by atoms with E-state index in [2.05, 4.69) is 4.74 Å². The Balaban J connectivity index is 1.96. The molecule has 0 radical (unpaired) electrons. The van der Waals surface area contributed by atoms with E-state index >= 15 is 0 Å². The third-order valence-electron chi connectivity index (χ3n) is 3.28. The lowest BCUT2D eigenvalue weighted by molar-refractivity contribution is -0.145. The van der Waals surface area contributed by atoms with Crippen LogP contribution in [0.25, 0.3) is 0 Å². The smallest absolute Gasteiger partial charge is 0.325 e. The number of benzene rings is 2. The van der Waals surface area contributed by atoms with Crippen LogP contribution in [0.4, 0.5) is 0 Å². The lowest BCUT2D eigenvalue weighted by Gasteiger charge is -2.17. The maximum Gasteiger partial charge on any atom is 0.325 e. The Hall–Kier alpha value is -2.37. The topological polar surface area (TPSA) is 81.8 Å². The summed E-state index contributed by atoms with van der Waals surface area (Å²) in [5, 5.41) is 10.0. The number of aliphatic hydroxyl groups is 1. The van der Waals surface area contributed by atoms with Crippen molar-refractivity contribution in [2.45, 2.75) is 18.8 Å². The van der Waals surface area contributed by atoms with Crippen molar-refractivity contribution in [1.82, 2.24) is 0 Å². The van der Waals surface area contributed by atoms with Gasteiger partial charge in [-0.05, 0) is 23.3 Å². The Labute approximate surface area is 129 Å². The third-order valence-corrected chi connectivity index (χ3v) is 3.28. The van der Waals surface area contributed by atoms with Gasteiger partial charge in [-0.3, -0.25) is 4.79 Å². The fourth-order valence-electron chi connectivity index (χ4n) is 1.97. The first kappa shape index (κ1) is 16.0. The summed E-state index contributed by atoms with van der Waals surface area (Å²) < 4.78 is 10.2. The number of methoxy groups -OCH3 is 1. The van der Waals surface area contributed by atoms with Crippen LogP contribution in [0.3, 0.4) is 0 Å². The molecular weight excluding hydrogens is 282 g/mol. The van der Waals surface area contributed by atoms with Crippen molar-refractivity contribution in [3.05, 3.63) is 65.7 Å². The molecule has 0 saturated heterocycles. The van der Waals surface area contributed by atoms with Gasteiger partial charge in [0.25, 0.3) is 0 Å². The predicted molar refractivity (Wildman–Crippen MR) is 82.2 cm³/mol. The second-order valence-corrected chi connectivity index (χ2v) is 4.84. The van der Waals surface area contributed by atoms with Crippen LogP contribution in [0.5, 0.6) is 5.75 Å². The zero-order valence-corrected chi connectivity index (χ0v) is 12.3. The minimum Gasteiger partial charge on any atom is -0.489 e. The zero-order valence-electron chi connectivity index (χ0n) is 12.3. The number of hydrogen-bond acceptors (Lipinski definition) is 5. The van der Waals surface area contributed by atoms with Crippen LogP contribution in [-0.4, -0.2) is 24.2 Å². The van der Waals surface area contributed by atoms with E-state index < -0.39 is 18.1 Å². The molecule has 5 heteroatoms. The summed E-state index contributed by atoms with van der Waals surface area (Å²) in [5.41, 5.74) is 7.22. The summed E-state index contributed by atoms with van der Waals surface area (Å²) in [6.45, 7) is 0.463. The second kappa shape index (κ2) is 7.59. The van der Waals surface area contributed by atoms with Crippen LogP contribution in [-0.2, 0) is 16.1 Å². The molecule has 0 unspecified atom stereocenters. The molecular formula is C17H19NO4. The van der Waals surface area contributed by atoms with Gasteiger partial charge in [-0.15, -0.1) is 0 Å². The molecule has 0 amide bonds. The first-order valence-electron chi connectivity index (χ1n) is 6.90. The molecule has 0 aliphatic heterocycles. The Kier molecular flexibility index (Phi) is 5.52. The zero-order chi connectivity index (χ0) is 15.9. The first-order chi connectivity index (χ1) is 10.6. The van der Waals surface area contributed by atoms with Gasteiger partial charge in [0.2, 0.25) is 0 Å². The number of rotatable bonds is 6. The van der Waals surface area contributed by atoms with Crippen LogP contribution >= 0.6 is 0 Å². The normalized spacial score (nSPS) is 13.2. The molecule has 0 heterocycles. The van der Waals surface area contributed by atoms with Crippen molar-refractivity contribution >= 4 is 5.97 Å². The van der Waals surface area contributed by atoms with E-state index in [0.29, 0.717) is 17.9 Å². The molecule has 0 spiro atoms. The maximum atomic E-state index is 11.3. The molecule has 2 atom stereocenters. The summed E-state index contributed by atoms with van der Waals surface area (Å²) in [6.07, 6.45) is -1.12. The third kappa shape index (κ3) is 4.07. The van der Waals surface area contributed by atoms with Crippen LogP contribution < -0.4 is 10.5 Å². The standard InChI is InChI=1S/C17H19NO4/c1-21-17(20)15(18)16(19)13-7-9-14(10-8-13)22-11-12-5-3-2-4-6-12/h2-10,15-16,19H,11,18H2,1H3/t15-,16+/m0/s1. The number of carbonyl (C=O) groups is 1. The van der Waals surface area contributed by atoms with Gasteiger partial charge < -0.3 is 20.3 Å². The number of aliphatic hydroxyl groups excluding tert-OH is 1. The summed E-state index contributed by atoms with van der Waals surface area (Å²) >= 11 is 0. The number of esters is 1. The molecule has 2 rings (SSSR count). The van der Waals surface area contributed by atoms with Crippen molar-refractivity contribution in [3.63, 3.8) is 0 Å². The minimum atomic E-state index is -1.12. The molecule has 22 heavy (non-hydrogen) atoms. The fourth-order valence-corrected chi connectivity index (χ4v) is 1.97. The van der Waals surface area contributed by atoms with E-state index in [1.54, 1.807) is 24.3 Å². The molecule has 0 fully saturated rings. The molecule has 2 aromatic carbocycles. The summed E-state index contributed by atoms with van der Waals surface area (Å²) in [5.74, 6) is 0.0170. The number of nitrogens with two attached hydrogens (primary N) is 1. The van der Waals surface area contributed by atoms with E-state index in [4.69, 9.17) is 10.5 Å². The van der Waals surface area contributed by atoms with Gasteiger partial charge >= 0.3 is 5.97 Å². The van der Waals surface area contributed by atoms with E-state index in [1.807, 2.05) is 30.3 Å². The maximum absolute atomic E-state index is 11.3. The summed E-state index contributed by atoms with van der Waals surface area (Å²) in [7, 11) is 1.23. The Morgan fingerprint density at radius 1 is 1.14 bits per heavy atom. The van der Waals surface area contributed by atoms with Gasteiger partial charge in [0.05, 0.1) is 7.11 Å². The van der Waals surface area contributed by atoms with Gasteiger partial charge in [-0.2, -0.15) is 0 Å². The first-order valence-corrected chi connectivity index (χ1v) is 6.90. The highest BCUT2D eigenvalue weighted by atomic mass is 16.5. The van der Waals surface area contributed by atoms with Crippen molar-refractivity contribution in [1.29, 1.82) is 0 Å². The summed E-state index contributed by atoms with van der Waals surface area (Å²) in [6, 6.07) is 15.5. The highest BCUT2D eigenvalue weighted by Crippen LogP contribution is 2.21. The van der Waals surface area contributed by atoms with E-state index in [9.17, 15) is 9.90 Å². The van der Waals surface area contributed by atoms with Crippen molar-refractivity contribution in [3.8, 4) is 5.75 Å². The monoisotopic (exact) mass is 301 g/mol. The average Bonchev–Trinajstić information content (AvgIpc) is 2.59. The van der Waals surface area contributed by atoms with E-state index in [1.165, 1.54) is 7.11 Å². The highest BCUT2D eigenvalue weighted by molar-refractivity contribution is 5.76. The van der Waals surface area contributed by atoms with Gasteiger partial charge in [-0.1, -0.05) is 42.5 Å². The second-order valence-electron chi connectivity index (χ2n) is 4.84. The molecule has 3 N–H and O–H groups in total. The van der Waals surface area contributed by atoms with Gasteiger partial charge in [-0.25, -0.2) is 0 Å². The molecule has 0 bridgehead atoms. The van der Waals surface area contributed by atoms with Crippen molar-refractivity contribution < 1.29 is 19.4 Å². The molecule has 5 nitrogen and oxygen atoms in total. The predicted octanol–water partition coefficient (Wildman–Crippen LogP) is 1.80. The van der Waals surface area contributed by atoms with E-state index in [-0.39, 0.29) is 0 Å². The molecule has 2 aromatic rings. The number of ether oxygens (including phenoxy) is 2. The Bertz CT molecular complexity index is 598. The van der Waals surface area contributed by atoms with Gasteiger partial charge in [0, 0.05) is 0 Å². The van der Waals surface area contributed by atoms with Crippen LogP contribution in [0.1, 0.15) is 17.2 Å². The Morgan fingerprint density at radius 2 is 1.77 bits per heavy atom. The number of carbonyl (C=O) groups excluding carboxylic acids is 1. The fraction of sp³-hybridized carbons (Fsp3) is 0.235. The van der Waals surface area contributed by atoms with Crippen LogP contribution in [0.2, 0.25) is 0 Å². The molecule has 116 valence electrons. The van der Waals surface area contributed by atoms with Gasteiger partial charge in [0.15, 0.2) is 0 Å². The van der Waals surface area contributed by atoms with Crippen molar-refractivity contribution in [2.24, 2.45) is 5.73 Å². The largest absolute Gasteiger partial charge is 0.489 e. The minimum absolute atomic E-state index is 0.463. The molecule has 0 aliphatic carbocycles. The van der Waals surface area contributed by atoms with E-state index in [0.717, 1.165) is 5.56 Å². The lowest BCUT2D eigenvalue weighted by atomic mass is 10.0. The average molecular weight is 301 g/mol. The Morgan fingerprint density at radius 3 is 2.36 bits per heavy atom. The quantitative estimate of drug-likeness (QED) is 0.795. The van der Waals surface area contributed by atoms with Crippen molar-refractivity contribution in [2.75, 3.05) is 7.11 Å². The van der Waals surface area contributed by atoms with Gasteiger partial charge in [0.1, 0.15) is 24.5 Å². The molecule has 0 aromatic heterocycles. The SMILES string of the molecule is COC(=O)[C@@H](N)[C@H](O)c1ccc(OCc2ccccc2)cc1. The number of hydrogen-bond donors (Lipinski definition) is 2.